The van der Waals surface area contributed by atoms with Gasteiger partial charge in [-0.05, 0) is 64.6 Å². The second-order valence-corrected chi connectivity index (χ2v) is 5.61. The number of hydrogen-bond acceptors (Lipinski definition) is 2. The van der Waals surface area contributed by atoms with Gasteiger partial charge in [-0.25, -0.2) is 0 Å². The molecule has 0 atom stereocenters. The van der Waals surface area contributed by atoms with E-state index >= 15 is 0 Å². The lowest BCUT2D eigenvalue weighted by Crippen LogP contribution is -2.33. The van der Waals surface area contributed by atoms with Crippen LogP contribution < -0.4 is 0 Å². The predicted molar refractivity (Wildman–Crippen MR) is 57.9 cm³/mol. The first-order valence-corrected chi connectivity index (χ1v) is 5.08. The molecule has 80 valence electrons. The van der Waals surface area contributed by atoms with Gasteiger partial charge in [0.15, 0.2) is 0 Å². The molecule has 0 radical (unpaired) electrons. The average Bonchev–Trinajstić information content (AvgIpc) is 1.82. The van der Waals surface area contributed by atoms with Crippen LogP contribution in [-0.2, 0) is 4.74 Å². The fourth-order valence-electron chi connectivity index (χ4n) is 0.692. The first-order chi connectivity index (χ1) is 5.65. The summed E-state index contributed by atoms with van der Waals surface area (Å²) in [5, 5.41) is 0. The molecule has 0 aromatic rings. The minimum Gasteiger partial charge on any atom is -0.376 e. The van der Waals surface area contributed by atoms with Crippen molar-refractivity contribution in [3.8, 4) is 0 Å². The van der Waals surface area contributed by atoms with E-state index in [2.05, 4.69) is 0 Å². The van der Waals surface area contributed by atoms with Gasteiger partial charge in [0.1, 0.15) is 0 Å². The fourth-order valence-corrected chi connectivity index (χ4v) is 0.861. The highest BCUT2D eigenvalue weighted by Crippen LogP contribution is 2.24. The van der Waals surface area contributed by atoms with Crippen molar-refractivity contribution in [2.45, 2.75) is 52.2 Å². The highest BCUT2D eigenvalue weighted by molar-refractivity contribution is 6.34. The molecule has 0 spiro atoms. The summed E-state index contributed by atoms with van der Waals surface area (Å²) in [6.07, 6.45) is 0.803. The van der Waals surface area contributed by atoms with Crippen molar-refractivity contribution >= 4 is 23.6 Å². The Morgan fingerprint density at radius 2 is 1.54 bits per heavy atom. The Morgan fingerprint density at radius 1 is 1.08 bits per heavy atom. The zero-order valence-electron chi connectivity index (χ0n) is 9.03. The van der Waals surface area contributed by atoms with Crippen LogP contribution in [0.2, 0.25) is 0 Å². The summed E-state index contributed by atoms with van der Waals surface area (Å²) < 4.78 is 6.75. The van der Waals surface area contributed by atoms with Gasteiger partial charge in [0.25, 0.3) is 0 Å². The molecule has 0 amide bonds. The Hall–Kier alpha value is 0.500. The van der Waals surface area contributed by atoms with Crippen molar-refractivity contribution in [3.63, 3.8) is 0 Å². The monoisotopic (exact) mass is 227 g/mol. The molecular weight excluding hydrogens is 209 g/mol. The maximum atomic E-state index is 5.66. The van der Waals surface area contributed by atoms with Crippen molar-refractivity contribution in [3.05, 3.63) is 0 Å². The Kier molecular flexibility index (Phi) is 5.02. The molecule has 0 N–H and O–H groups in total. The molecular formula is C9H19Cl2NO. The lowest BCUT2D eigenvalue weighted by atomic mass is 10.0. The summed E-state index contributed by atoms with van der Waals surface area (Å²) in [7, 11) is 0. The molecule has 0 unspecified atom stereocenters. The lowest BCUT2D eigenvalue weighted by Gasteiger charge is -2.29. The van der Waals surface area contributed by atoms with Crippen LogP contribution >= 0.6 is 23.6 Å². The average molecular weight is 228 g/mol. The molecule has 0 aromatic heterocycles. The molecule has 0 heterocycles. The van der Waals surface area contributed by atoms with Crippen molar-refractivity contribution < 1.29 is 4.74 Å². The van der Waals surface area contributed by atoms with E-state index < -0.39 is 0 Å². The quantitative estimate of drug-likeness (QED) is 0.682. The van der Waals surface area contributed by atoms with Crippen LogP contribution in [0.15, 0.2) is 0 Å². The van der Waals surface area contributed by atoms with Crippen LogP contribution in [0.5, 0.6) is 0 Å². The van der Waals surface area contributed by atoms with Crippen molar-refractivity contribution in [1.29, 1.82) is 0 Å². The number of rotatable bonds is 4. The third-order valence-electron chi connectivity index (χ3n) is 1.71. The van der Waals surface area contributed by atoms with Gasteiger partial charge in [-0.2, -0.15) is 0 Å². The van der Waals surface area contributed by atoms with Gasteiger partial charge >= 0.3 is 0 Å². The molecule has 13 heavy (non-hydrogen) atoms. The molecule has 0 aliphatic heterocycles. The third-order valence-corrected chi connectivity index (χ3v) is 2.62. The molecule has 0 rings (SSSR count). The maximum Gasteiger partial charge on any atom is 0.0598 e. The summed E-state index contributed by atoms with van der Waals surface area (Å²) in [4.78, 5) is 0. The van der Waals surface area contributed by atoms with Gasteiger partial charge in [0, 0.05) is 12.1 Å². The Labute approximate surface area is 91.4 Å². The van der Waals surface area contributed by atoms with Crippen LogP contribution in [0.3, 0.4) is 0 Å². The standard InChI is InChI=1S/C9H19Cl2NO/c1-8(2,3)13-7-6-9(4,5)12(10)11/h6-7H2,1-5H3. The van der Waals surface area contributed by atoms with E-state index in [1.807, 2.05) is 34.6 Å². The van der Waals surface area contributed by atoms with Crippen LogP contribution in [0, 0.1) is 0 Å². The molecule has 0 saturated heterocycles. The molecule has 2 nitrogen and oxygen atoms in total. The van der Waals surface area contributed by atoms with Crippen molar-refractivity contribution in [2.75, 3.05) is 6.61 Å². The molecule has 0 aliphatic carbocycles. The molecule has 0 bridgehead atoms. The number of nitrogens with zero attached hydrogens (tertiary/aromatic N) is 1. The second kappa shape index (κ2) is 4.83. The van der Waals surface area contributed by atoms with E-state index in [-0.39, 0.29) is 11.1 Å². The summed E-state index contributed by atoms with van der Waals surface area (Å²) in [5.74, 6) is 0. The Morgan fingerprint density at radius 3 is 1.85 bits per heavy atom. The first kappa shape index (κ1) is 13.5. The number of ether oxygens (including phenoxy) is 1. The third kappa shape index (κ3) is 6.55. The summed E-state index contributed by atoms with van der Waals surface area (Å²) in [6.45, 7) is 10.7. The molecule has 0 fully saturated rings. The molecule has 0 aliphatic rings. The SMILES string of the molecule is CC(C)(C)OCCC(C)(C)N(Cl)Cl. The molecule has 0 aromatic carbocycles. The summed E-state index contributed by atoms with van der Waals surface area (Å²) in [6, 6.07) is 0. The van der Waals surface area contributed by atoms with Gasteiger partial charge in [-0.15, -0.1) is 3.94 Å². The first-order valence-electron chi connectivity index (χ1n) is 4.41. The predicted octanol–water partition coefficient (Wildman–Crippen LogP) is 3.58. The van der Waals surface area contributed by atoms with Crippen LogP contribution in [-0.4, -0.2) is 21.7 Å². The normalized spacial score (nSPS) is 13.8. The van der Waals surface area contributed by atoms with Gasteiger partial charge in [0.05, 0.1) is 5.60 Å². The van der Waals surface area contributed by atoms with Crippen molar-refractivity contribution in [1.82, 2.24) is 3.94 Å². The zero-order chi connectivity index (χ0) is 10.7. The van der Waals surface area contributed by atoms with Crippen molar-refractivity contribution in [2.24, 2.45) is 0 Å². The lowest BCUT2D eigenvalue weighted by molar-refractivity contribution is -0.0131. The Balaban J connectivity index is 3.77. The van der Waals surface area contributed by atoms with E-state index in [1.165, 1.54) is 3.94 Å². The largest absolute Gasteiger partial charge is 0.376 e. The highest BCUT2D eigenvalue weighted by Gasteiger charge is 2.24. The second-order valence-electron chi connectivity index (χ2n) is 4.76. The van der Waals surface area contributed by atoms with E-state index in [1.54, 1.807) is 0 Å². The highest BCUT2D eigenvalue weighted by atomic mass is 35.5. The Bertz CT molecular complexity index is 152. The maximum absolute atomic E-state index is 5.66. The van der Waals surface area contributed by atoms with Crippen LogP contribution in [0.4, 0.5) is 0 Å². The fraction of sp³-hybridized carbons (Fsp3) is 1.00. The van der Waals surface area contributed by atoms with E-state index in [0.717, 1.165) is 6.42 Å². The minimum atomic E-state index is -0.242. The van der Waals surface area contributed by atoms with E-state index in [4.69, 9.17) is 28.3 Å². The van der Waals surface area contributed by atoms with Crippen LogP contribution in [0.25, 0.3) is 0 Å². The van der Waals surface area contributed by atoms with Crippen LogP contribution in [0.1, 0.15) is 41.0 Å². The number of hydrogen-bond donors (Lipinski definition) is 0. The van der Waals surface area contributed by atoms with E-state index in [9.17, 15) is 0 Å². The summed E-state index contributed by atoms with van der Waals surface area (Å²) in [5.41, 5.74) is -0.339. The van der Waals surface area contributed by atoms with Gasteiger partial charge in [-0.3, -0.25) is 0 Å². The van der Waals surface area contributed by atoms with E-state index in [0.29, 0.717) is 6.61 Å². The van der Waals surface area contributed by atoms with Gasteiger partial charge in [0.2, 0.25) is 0 Å². The van der Waals surface area contributed by atoms with Gasteiger partial charge in [-0.1, -0.05) is 0 Å². The zero-order valence-corrected chi connectivity index (χ0v) is 10.5. The molecule has 0 saturated carbocycles. The smallest absolute Gasteiger partial charge is 0.0598 e. The number of halogens is 2. The minimum absolute atomic E-state index is 0.0977. The molecule has 4 heteroatoms. The summed E-state index contributed by atoms with van der Waals surface area (Å²) >= 11 is 11.3. The van der Waals surface area contributed by atoms with Gasteiger partial charge < -0.3 is 4.74 Å². The topological polar surface area (TPSA) is 12.5 Å².